The first-order valence-electron chi connectivity index (χ1n) is 9.67. The van der Waals surface area contributed by atoms with Crippen LogP contribution in [0, 0.1) is 0 Å². The molecule has 1 aliphatic heterocycles. The number of unbranched alkanes of at least 4 members (excludes halogenated alkanes) is 2. The minimum atomic E-state index is -3.48. The quantitative estimate of drug-likeness (QED) is 0.447. The summed E-state index contributed by atoms with van der Waals surface area (Å²) in [6, 6.07) is 17.0. The van der Waals surface area contributed by atoms with Gasteiger partial charge in [0.2, 0.25) is 5.91 Å². The minimum Gasteiger partial charge on any atom is -0.355 e. The number of amides is 1. The highest BCUT2D eigenvalue weighted by Crippen LogP contribution is 2.22. The number of rotatable bonds is 10. The van der Waals surface area contributed by atoms with Crippen LogP contribution in [0.4, 0.5) is 0 Å². The fraction of sp³-hybridized carbons (Fsp3) is 0.333. The van der Waals surface area contributed by atoms with Crippen LogP contribution in [-0.4, -0.2) is 39.0 Å². The maximum absolute atomic E-state index is 12.0. The van der Waals surface area contributed by atoms with Crippen LogP contribution in [0.5, 0.6) is 0 Å². The first-order valence-corrected chi connectivity index (χ1v) is 12.1. The van der Waals surface area contributed by atoms with E-state index < -0.39 is 10.0 Å². The van der Waals surface area contributed by atoms with Gasteiger partial charge in [-0.15, -0.1) is 11.8 Å². The molecule has 1 amide bonds. The number of nitrogens with zero attached hydrogens (tertiary/aromatic N) is 1. The van der Waals surface area contributed by atoms with E-state index in [-0.39, 0.29) is 10.8 Å². The minimum absolute atomic E-state index is 0.0717. The summed E-state index contributed by atoms with van der Waals surface area (Å²) in [7, 11) is -3.48. The van der Waals surface area contributed by atoms with Crippen molar-refractivity contribution in [3.8, 4) is 0 Å². The molecule has 0 aliphatic carbocycles. The lowest BCUT2D eigenvalue weighted by molar-refractivity contribution is -0.121. The van der Waals surface area contributed by atoms with Crippen LogP contribution < -0.4 is 10.0 Å². The van der Waals surface area contributed by atoms with Gasteiger partial charge in [-0.3, -0.25) is 14.5 Å². The average molecular weight is 432 g/mol. The number of aliphatic imine (C=N–C) groups is 1. The van der Waals surface area contributed by atoms with Crippen molar-refractivity contribution in [3.05, 3.63) is 60.2 Å². The third kappa shape index (κ3) is 6.33. The van der Waals surface area contributed by atoms with Crippen LogP contribution in [0.3, 0.4) is 0 Å². The molecule has 8 heteroatoms. The summed E-state index contributed by atoms with van der Waals surface area (Å²) in [5.41, 5.74) is 0.625. The Kier molecular flexibility index (Phi) is 7.71. The van der Waals surface area contributed by atoms with Gasteiger partial charge in [0, 0.05) is 35.7 Å². The number of sulfonamides is 1. The van der Waals surface area contributed by atoms with E-state index >= 15 is 0 Å². The van der Waals surface area contributed by atoms with Crippen LogP contribution in [0.2, 0.25) is 0 Å². The van der Waals surface area contributed by atoms with Crippen molar-refractivity contribution in [1.29, 1.82) is 0 Å². The number of nitrogens with one attached hydrogen (secondary N) is 2. The molecular weight excluding hydrogens is 406 g/mol. The molecular formula is C21H25N3O3S2. The fourth-order valence-electron chi connectivity index (χ4n) is 2.98. The summed E-state index contributed by atoms with van der Waals surface area (Å²) in [6.45, 7) is 1.19. The highest BCUT2D eigenvalue weighted by molar-refractivity contribution is 7.99. The monoisotopic (exact) mass is 431 g/mol. The summed E-state index contributed by atoms with van der Waals surface area (Å²) in [5.74, 6) is 1.33. The zero-order valence-electron chi connectivity index (χ0n) is 16.1. The van der Waals surface area contributed by atoms with Gasteiger partial charge in [0.25, 0.3) is 10.0 Å². The lowest BCUT2D eigenvalue weighted by Gasteiger charge is -2.05. The summed E-state index contributed by atoms with van der Waals surface area (Å²) in [4.78, 5) is 17.8. The van der Waals surface area contributed by atoms with Gasteiger partial charge >= 0.3 is 0 Å². The maximum Gasteiger partial charge on any atom is 0.263 e. The lowest BCUT2D eigenvalue weighted by Crippen LogP contribution is -2.25. The van der Waals surface area contributed by atoms with Crippen molar-refractivity contribution in [2.75, 3.05) is 18.8 Å². The molecule has 1 heterocycles. The number of thioether (sulfide) groups is 1. The second kappa shape index (κ2) is 10.5. The van der Waals surface area contributed by atoms with Crippen LogP contribution >= 0.6 is 11.8 Å². The van der Waals surface area contributed by atoms with Gasteiger partial charge in [-0.2, -0.15) is 0 Å². The molecule has 0 bridgehead atoms. The van der Waals surface area contributed by atoms with Gasteiger partial charge in [0.05, 0.1) is 4.90 Å². The predicted octanol–water partition coefficient (Wildman–Crippen LogP) is 3.19. The van der Waals surface area contributed by atoms with Crippen LogP contribution in [0.25, 0.3) is 0 Å². The van der Waals surface area contributed by atoms with Crippen molar-refractivity contribution in [2.24, 2.45) is 4.99 Å². The molecule has 3 rings (SSSR count). The number of carbonyl (C=O) groups excluding carboxylic acids is 1. The van der Waals surface area contributed by atoms with Gasteiger partial charge in [-0.05, 0) is 37.1 Å². The van der Waals surface area contributed by atoms with Crippen molar-refractivity contribution < 1.29 is 13.2 Å². The molecule has 2 N–H and O–H groups in total. The fourth-order valence-corrected chi connectivity index (χ4v) is 5.02. The van der Waals surface area contributed by atoms with E-state index in [0.29, 0.717) is 30.9 Å². The molecule has 0 saturated heterocycles. The van der Waals surface area contributed by atoms with Crippen LogP contribution in [0.15, 0.2) is 69.4 Å². The zero-order valence-corrected chi connectivity index (χ0v) is 17.8. The van der Waals surface area contributed by atoms with Gasteiger partial charge in [0.1, 0.15) is 5.84 Å². The number of benzene rings is 2. The molecule has 0 spiro atoms. The Morgan fingerprint density at radius 3 is 2.59 bits per heavy atom. The average Bonchev–Trinajstić information content (AvgIpc) is 2.99. The second-order valence-electron chi connectivity index (χ2n) is 6.65. The third-order valence-corrected chi connectivity index (χ3v) is 6.84. The number of fused-ring (bicyclic) bond motifs is 1. The van der Waals surface area contributed by atoms with E-state index in [0.717, 1.165) is 25.0 Å². The topological polar surface area (TPSA) is 87.6 Å². The van der Waals surface area contributed by atoms with Crippen molar-refractivity contribution in [1.82, 2.24) is 10.0 Å². The van der Waals surface area contributed by atoms with E-state index in [9.17, 15) is 13.2 Å². The van der Waals surface area contributed by atoms with E-state index in [2.05, 4.69) is 27.2 Å². The summed E-state index contributed by atoms with van der Waals surface area (Å²) in [6.07, 6.45) is 2.98. The molecule has 0 unspecified atom stereocenters. The lowest BCUT2D eigenvalue weighted by atomic mass is 10.2. The Labute approximate surface area is 176 Å². The normalized spacial score (nSPS) is 15.7. The van der Waals surface area contributed by atoms with Gasteiger partial charge < -0.3 is 5.32 Å². The first-order chi connectivity index (χ1) is 14.1. The second-order valence-corrected chi connectivity index (χ2v) is 9.47. The van der Waals surface area contributed by atoms with Gasteiger partial charge in [0.15, 0.2) is 0 Å². The summed E-state index contributed by atoms with van der Waals surface area (Å²) < 4.78 is 26.6. The largest absolute Gasteiger partial charge is 0.355 e. The Hall–Kier alpha value is -2.32. The van der Waals surface area contributed by atoms with Gasteiger partial charge in [-0.1, -0.05) is 36.8 Å². The SMILES string of the molecule is O=C(CCCCCN=C1NS(=O)(=O)c2ccccc21)NCCSc1ccccc1. The molecule has 0 aromatic heterocycles. The van der Waals surface area contributed by atoms with Crippen LogP contribution in [0.1, 0.15) is 31.2 Å². The smallest absolute Gasteiger partial charge is 0.263 e. The highest BCUT2D eigenvalue weighted by atomic mass is 32.2. The molecule has 6 nitrogen and oxygen atoms in total. The molecule has 0 fully saturated rings. The van der Waals surface area contributed by atoms with Crippen molar-refractivity contribution >= 4 is 33.5 Å². The molecule has 0 atom stereocenters. The molecule has 29 heavy (non-hydrogen) atoms. The molecule has 0 radical (unpaired) electrons. The highest BCUT2D eigenvalue weighted by Gasteiger charge is 2.29. The molecule has 2 aromatic carbocycles. The van der Waals surface area contributed by atoms with E-state index in [1.165, 1.54) is 4.90 Å². The van der Waals surface area contributed by atoms with Crippen molar-refractivity contribution in [2.45, 2.75) is 35.5 Å². The first kappa shape index (κ1) is 21.4. The molecule has 1 aliphatic rings. The number of amidine groups is 1. The zero-order chi connectivity index (χ0) is 20.5. The predicted molar refractivity (Wildman–Crippen MR) is 117 cm³/mol. The Morgan fingerprint density at radius 2 is 1.76 bits per heavy atom. The Morgan fingerprint density at radius 1 is 1.00 bits per heavy atom. The van der Waals surface area contributed by atoms with Crippen molar-refractivity contribution in [3.63, 3.8) is 0 Å². The van der Waals surface area contributed by atoms with E-state index in [1.54, 1.807) is 36.0 Å². The number of hydrogen-bond acceptors (Lipinski definition) is 5. The standard InChI is InChI=1S/C21H25N3O3S2/c25-20(22-15-16-28-17-9-3-1-4-10-17)13-5-2-8-14-23-21-18-11-6-7-12-19(18)29(26,27)24-21/h1,3-4,6-7,9-12H,2,5,8,13-16H2,(H,22,25)(H,23,24). The Bertz CT molecular complexity index is 960. The van der Waals surface area contributed by atoms with Gasteiger partial charge in [-0.25, -0.2) is 8.42 Å². The molecule has 2 aromatic rings. The van der Waals surface area contributed by atoms with Crippen LogP contribution in [-0.2, 0) is 14.8 Å². The third-order valence-electron chi connectivity index (χ3n) is 4.43. The van der Waals surface area contributed by atoms with E-state index in [1.807, 2.05) is 18.2 Å². The summed E-state index contributed by atoms with van der Waals surface area (Å²) in [5, 5.41) is 2.94. The molecule has 154 valence electrons. The Balaban J connectivity index is 1.28. The summed E-state index contributed by atoms with van der Waals surface area (Å²) >= 11 is 1.73. The number of hydrogen-bond donors (Lipinski definition) is 2. The molecule has 0 saturated carbocycles. The number of carbonyl (C=O) groups is 1. The van der Waals surface area contributed by atoms with E-state index in [4.69, 9.17) is 0 Å². The maximum atomic E-state index is 12.0.